The first-order valence-electron chi connectivity index (χ1n) is 11.3. The Morgan fingerprint density at radius 2 is 1.67 bits per heavy atom. The minimum absolute atomic E-state index is 0.0654. The molecule has 0 amide bonds. The molecule has 1 aromatic heterocycles. The minimum atomic E-state index is -4.33. The topological polar surface area (TPSA) is 108 Å². The van der Waals surface area contributed by atoms with Crippen LogP contribution in [-0.4, -0.2) is 33.2 Å². The normalized spacial score (nSPS) is 12.7. The monoisotopic (exact) mass is 587 g/mol. The Morgan fingerprint density at radius 1 is 0.949 bits per heavy atom. The molecule has 0 saturated carbocycles. The third-order valence-corrected chi connectivity index (χ3v) is 9.98. The van der Waals surface area contributed by atoms with Gasteiger partial charge in [-0.05, 0) is 72.3 Å². The van der Waals surface area contributed by atoms with Crippen LogP contribution in [0, 0.1) is 23.0 Å². The van der Waals surface area contributed by atoms with Gasteiger partial charge in [-0.15, -0.1) is 0 Å². The Hall–Kier alpha value is -3.69. The maximum atomic E-state index is 14.8. The van der Waals surface area contributed by atoms with Crippen LogP contribution in [0.3, 0.4) is 0 Å². The first-order valence-corrected chi connectivity index (χ1v) is 14.7. The Kier molecular flexibility index (Phi) is 8.13. The van der Waals surface area contributed by atoms with E-state index >= 15 is 0 Å². The van der Waals surface area contributed by atoms with Gasteiger partial charge in [0.05, 0.1) is 27.1 Å². The summed E-state index contributed by atoms with van der Waals surface area (Å²) in [5.74, 6) is -1.76. The van der Waals surface area contributed by atoms with E-state index in [0.717, 1.165) is 22.5 Å². The van der Waals surface area contributed by atoms with Gasteiger partial charge in [-0.1, -0.05) is 23.7 Å². The second-order valence-electron chi connectivity index (χ2n) is 8.54. The summed E-state index contributed by atoms with van der Waals surface area (Å²) in [6.45, 7) is -0.130. The lowest BCUT2D eigenvalue weighted by Crippen LogP contribution is -2.26. The molecule has 0 aliphatic carbocycles. The van der Waals surface area contributed by atoms with E-state index in [4.69, 9.17) is 16.9 Å². The van der Waals surface area contributed by atoms with Gasteiger partial charge in [0.2, 0.25) is 10.0 Å². The van der Waals surface area contributed by atoms with E-state index in [1.54, 1.807) is 0 Å². The van der Waals surface area contributed by atoms with Crippen molar-refractivity contribution in [3.63, 3.8) is 0 Å². The van der Waals surface area contributed by atoms with Crippen LogP contribution in [0.25, 0.3) is 0 Å². The number of rotatable bonds is 8. The van der Waals surface area contributed by atoms with Crippen molar-refractivity contribution >= 4 is 31.5 Å². The van der Waals surface area contributed by atoms with Gasteiger partial charge in [0, 0.05) is 30.4 Å². The number of hydrogen-bond acceptors (Lipinski definition) is 6. The molecular weight excluding hydrogens is 568 g/mol. The summed E-state index contributed by atoms with van der Waals surface area (Å²) in [6.07, 6.45) is 1.27. The van der Waals surface area contributed by atoms with Gasteiger partial charge in [0.1, 0.15) is 16.9 Å². The molecule has 4 rings (SSSR count). The van der Waals surface area contributed by atoms with Crippen LogP contribution in [0.2, 0.25) is 5.02 Å². The first-order chi connectivity index (χ1) is 18.4. The Bertz CT molecular complexity index is 1780. The highest BCUT2D eigenvalue weighted by atomic mass is 35.5. The van der Waals surface area contributed by atoms with Crippen molar-refractivity contribution in [1.82, 2.24) is 9.29 Å². The molecule has 3 aromatic carbocycles. The van der Waals surface area contributed by atoms with Gasteiger partial charge < -0.3 is 0 Å². The summed E-state index contributed by atoms with van der Waals surface area (Å²) < 4.78 is 83.2. The molecular formula is C27H20ClF2N3O4S2. The number of pyridine rings is 1. The molecule has 12 heteroatoms. The van der Waals surface area contributed by atoms with Crippen LogP contribution >= 0.6 is 11.6 Å². The summed E-state index contributed by atoms with van der Waals surface area (Å²) >= 11 is 5.89. The molecule has 0 aliphatic heterocycles. The molecule has 0 bridgehead atoms. The Labute approximate surface area is 229 Å². The zero-order valence-corrected chi connectivity index (χ0v) is 22.7. The summed E-state index contributed by atoms with van der Waals surface area (Å²) in [5, 5.41) is 7.67. The van der Waals surface area contributed by atoms with Gasteiger partial charge in [-0.3, -0.25) is 4.98 Å². The molecule has 1 heterocycles. The zero-order valence-electron chi connectivity index (χ0n) is 20.3. The lowest BCUT2D eigenvalue weighted by Gasteiger charge is -2.20. The number of sulfone groups is 1. The van der Waals surface area contributed by atoms with Crippen molar-refractivity contribution in [2.45, 2.75) is 21.6 Å². The fourth-order valence-corrected chi connectivity index (χ4v) is 6.99. The van der Waals surface area contributed by atoms with Gasteiger partial charge in [0.25, 0.3) is 0 Å². The predicted molar refractivity (Wildman–Crippen MR) is 141 cm³/mol. The first kappa shape index (κ1) is 28.3. The van der Waals surface area contributed by atoms with Crippen molar-refractivity contribution < 1.29 is 25.6 Å². The van der Waals surface area contributed by atoms with Crippen molar-refractivity contribution in [2.75, 3.05) is 7.05 Å². The van der Waals surface area contributed by atoms with E-state index in [1.165, 1.54) is 73.9 Å². The van der Waals surface area contributed by atoms with E-state index in [9.17, 15) is 25.6 Å². The molecule has 4 aromatic rings. The maximum Gasteiger partial charge on any atom is 0.243 e. The number of nitrogens with zero attached hydrogens (tertiary/aromatic N) is 3. The summed E-state index contributed by atoms with van der Waals surface area (Å²) in [4.78, 5) is 3.98. The molecule has 200 valence electrons. The number of benzene rings is 3. The van der Waals surface area contributed by atoms with Crippen LogP contribution in [-0.2, 0) is 26.4 Å². The van der Waals surface area contributed by atoms with Gasteiger partial charge >= 0.3 is 0 Å². The molecule has 0 N–H and O–H groups in total. The highest BCUT2D eigenvalue weighted by Crippen LogP contribution is 2.36. The van der Waals surface area contributed by atoms with Crippen LogP contribution < -0.4 is 0 Å². The lowest BCUT2D eigenvalue weighted by atomic mass is 10.1. The highest BCUT2D eigenvalue weighted by molar-refractivity contribution is 7.92. The molecule has 0 fully saturated rings. The van der Waals surface area contributed by atoms with Crippen molar-refractivity contribution in [2.24, 2.45) is 0 Å². The quantitative estimate of drug-likeness (QED) is 0.278. The molecule has 7 nitrogen and oxygen atoms in total. The fourth-order valence-electron chi connectivity index (χ4n) is 3.89. The molecule has 0 radical (unpaired) electrons. The van der Waals surface area contributed by atoms with E-state index < -0.39 is 42.3 Å². The van der Waals surface area contributed by atoms with Gasteiger partial charge in [0.15, 0.2) is 9.84 Å². The fraction of sp³-hybridized carbons (Fsp3) is 0.111. The molecule has 0 aliphatic rings. The third-order valence-electron chi connectivity index (χ3n) is 5.89. The van der Waals surface area contributed by atoms with Crippen molar-refractivity contribution in [1.29, 1.82) is 5.26 Å². The number of sulfonamides is 1. The third kappa shape index (κ3) is 5.99. The minimum Gasteiger partial charge on any atom is -0.259 e. The number of aromatic nitrogens is 1. The smallest absolute Gasteiger partial charge is 0.243 e. The van der Waals surface area contributed by atoms with Crippen LogP contribution in [0.15, 0.2) is 94.9 Å². The zero-order chi connectivity index (χ0) is 28.4. The second-order valence-corrected chi connectivity index (χ2v) is 13.1. The summed E-state index contributed by atoms with van der Waals surface area (Å²) in [7, 11) is -6.94. The molecule has 0 saturated heterocycles. The molecule has 39 heavy (non-hydrogen) atoms. The molecule has 0 spiro atoms. The van der Waals surface area contributed by atoms with Crippen molar-refractivity contribution in [3.8, 4) is 6.07 Å². The molecule has 1 atom stereocenters. The van der Waals surface area contributed by atoms with Crippen LogP contribution in [0.1, 0.15) is 27.6 Å². The van der Waals surface area contributed by atoms with E-state index in [2.05, 4.69) is 4.98 Å². The van der Waals surface area contributed by atoms with Gasteiger partial charge in [-0.25, -0.2) is 25.6 Å². The largest absolute Gasteiger partial charge is 0.259 e. The van der Waals surface area contributed by atoms with Crippen LogP contribution in [0.4, 0.5) is 8.78 Å². The average Bonchev–Trinajstić information content (AvgIpc) is 2.92. The van der Waals surface area contributed by atoms with E-state index in [1.807, 2.05) is 6.07 Å². The number of hydrogen-bond donors (Lipinski definition) is 0. The lowest BCUT2D eigenvalue weighted by molar-refractivity contribution is 0.466. The Morgan fingerprint density at radius 3 is 2.31 bits per heavy atom. The van der Waals surface area contributed by atoms with Crippen molar-refractivity contribution in [3.05, 3.63) is 124 Å². The standard InChI is InChI=1S/C27H20ClF2N3O4S2/c1-33(39(36,37)23-4-2-3-18(13-23)15-31)17-19-5-12-26(32-16-19)27(24-14-21(29)8-11-25(24)30)38(34,35)22-9-6-20(28)7-10-22/h2-14,16,27H,17H2,1H3. The SMILES string of the molecule is CN(Cc1ccc(C(c2cc(F)ccc2F)S(=O)(=O)c2ccc(Cl)cc2)nc1)S(=O)(=O)c1cccc(C#N)c1. The summed E-state index contributed by atoms with van der Waals surface area (Å²) in [6, 6.07) is 18.0. The predicted octanol–water partition coefficient (Wildman–Crippen LogP) is 5.27. The molecule has 1 unspecified atom stereocenters. The number of nitriles is 1. The van der Waals surface area contributed by atoms with Gasteiger partial charge in [-0.2, -0.15) is 9.57 Å². The number of halogens is 3. The second kappa shape index (κ2) is 11.2. The Balaban J connectivity index is 1.70. The highest BCUT2D eigenvalue weighted by Gasteiger charge is 2.34. The van der Waals surface area contributed by atoms with E-state index in [0.29, 0.717) is 10.6 Å². The van der Waals surface area contributed by atoms with Crippen LogP contribution in [0.5, 0.6) is 0 Å². The maximum absolute atomic E-state index is 14.8. The summed E-state index contributed by atoms with van der Waals surface area (Å²) in [5.41, 5.74) is 0.0735. The average molecular weight is 588 g/mol. The van der Waals surface area contributed by atoms with E-state index in [-0.39, 0.29) is 27.6 Å².